The van der Waals surface area contributed by atoms with Crippen molar-refractivity contribution < 1.29 is 0 Å². The number of benzene rings is 2. The second-order valence-electron chi connectivity index (χ2n) is 3.31. The standard InChI is InChI=1S/C13H12.C2H6.C2H4/c1-10(2)12-9-5-7-11-6-3-4-8-13(11)12;2*1-2/h3-9H,1H2,2H3;1-2H3;1-2H2. The first-order valence-electron chi connectivity index (χ1n) is 5.92. The van der Waals surface area contributed by atoms with Crippen LogP contribution in [-0.2, 0) is 0 Å². The lowest BCUT2D eigenvalue weighted by Gasteiger charge is -2.04. The summed E-state index contributed by atoms with van der Waals surface area (Å²) in [6.07, 6.45) is 0. The van der Waals surface area contributed by atoms with Crippen LogP contribution in [0.4, 0.5) is 0 Å². The van der Waals surface area contributed by atoms with Gasteiger partial charge in [0.2, 0.25) is 0 Å². The van der Waals surface area contributed by atoms with Crippen LogP contribution in [-0.4, -0.2) is 0 Å². The second kappa shape index (κ2) is 8.35. The predicted octanol–water partition coefficient (Wildman–Crippen LogP) is 5.70. The summed E-state index contributed by atoms with van der Waals surface area (Å²) in [6.45, 7) is 16.0. The fraction of sp³-hybridized carbons (Fsp3) is 0.176. The summed E-state index contributed by atoms with van der Waals surface area (Å²) in [5, 5.41) is 2.57. The zero-order valence-electron chi connectivity index (χ0n) is 11.2. The Labute approximate surface area is 105 Å². The Morgan fingerprint density at radius 1 is 0.882 bits per heavy atom. The molecule has 0 bridgehead atoms. The highest BCUT2D eigenvalue weighted by Gasteiger charge is 1.98. The zero-order valence-corrected chi connectivity index (χ0v) is 11.2. The van der Waals surface area contributed by atoms with E-state index in [0.29, 0.717) is 0 Å². The highest BCUT2D eigenvalue weighted by atomic mass is 14.0. The third kappa shape index (κ3) is 3.92. The van der Waals surface area contributed by atoms with E-state index in [9.17, 15) is 0 Å². The molecular formula is C17H22. The number of fused-ring (bicyclic) bond motifs is 1. The van der Waals surface area contributed by atoms with Gasteiger partial charge in [0, 0.05) is 0 Å². The molecule has 0 unspecified atom stereocenters. The molecule has 0 aliphatic rings. The molecule has 0 fully saturated rings. The van der Waals surface area contributed by atoms with E-state index in [1.165, 1.54) is 16.3 Å². The largest absolute Gasteiger partial charge is 0.106 e. The Bertz CT molecular complexity index is 461. The first-order valence-corrected chi connectivity index (χ1v) is 5.92. The Morgan fingerprint density at radius 3 is 2.00 bits per heavy atom. The van der Waals surface area contributed by atoms with Crippen molar-refractivity contribution in [1.29, 1.82) is 0 Å². The van der Waals surface area contributed by atoms with Crippen molar-refractivity contribution in [3.63, 3.8) is 0 Å². The summed E-state index contributed by atoms with van der Waals surface area (Å²) in [5.74, 6) is 0. The summed E-state index contributed by atoms with van der Waals surface area (Å²) in [5.41, 5.74) is 2.37. The molecule has 0 atom stereocenters. The minimum absolute atomic E-state index is 1.12. The highest BCUT2D eigenvalue weighted by molar-refractivity contribution is 5.92. The van der Waals surface area contributed by atoms with E-state index < -0.39 is 0 Å². The van der Waals surface area contributed by atoms with Gasteiger partial charge in [0.1, 0.15) is 0 Å². The van der Waals surface area contributed by atoms with Crippen molar-refractivity contribution in [2.75, 3.05) is 0 Å². The fourth-order valence-electron chi connectivity index (χ4n) is 1.60. The molecule has 2 aromatic rings. The average Bonchev–Trinajstić information content (AvgIpc) is 2.42. The maximum atomic E-state index is 3.98. The molecule has 17 heavy (non-hydrogen) atoms. The normalized spacial score (nSPS) is 8.41. The van der Waals surface area contributed by atoms with Crippen LogP contribution in [0.3, 0.4) is 0 Å². The molecule has 0 nitrogen and oxygen atoms in total. The quantitative estimate of drug-likeness (QED) is 0.547. The monoisotopic (exact) mass is 226 g/mol. The minimum atomic E-state index is 1.12. The van der Waals surface area contributed by atoms with Gasteiger partial charge in [0.15, 0.2) is 0 Å². The SMILES string of the molecule is C=C.C=C(C)c1cccc2ccccc12.CC. The Hall–Kier alpha value is -1.82. The van der Waals surface area contributed by atoms with Gasteiger partial charge in [0.25, 0.3) is 0 Å². The van der Waals surface area contributed by atoms with Gasteiger partial charge in [-0.15, -0.1) is 13.2 Å². The molecule has 0 aliphatic carbocycles. The predicted molar refractivity (Wildman–Crippen MR) is 81.3 cm³/mol. The molecule has 0 radical (unpaired) electrons. The maximum absolute atomic E-state index is 3.98. The lowest BCUT2D eigenvalue weighted by atomic mass is 10.0. The van der Waals surface area contributed by atoms with E-state index in [2.05, 4.69) is 62.2 Å². The molecule has 0 amide bonds. The third-order valence-corrected chi connectivity index (χ3v) is 2.25. The number of hydrogen-bond acceptors (Lipinski definition) is 0. The Kier molecular flexibility index (Phi) is 7.45. The molecule has 90 valence electrons. The van der Waals surface area contributed by atoms with E-state index in [-0.39, 0.29) is 0 Å². The van der Waals surface area contributed by atoms with Crippen LogP contribution in [0.25, 0.3) is 16.3 Å². The molecular weight excluding hydrogens is 204 g/mol. The molecule has 0 N–H and O–H groups in total. The van der Waals surface area contributed by atoms with Crippen LogP contribution in [0.1, 0.15) is 26.3 Å². The van der Waals surface area contributed by atoms with E-state index in [4.69, 9.17) is 0 Å². The van der Waals surface area contributed by atoms with Gasteiger partial charge in [0.05, 0.1) is 0 Å². The van der Waals surface area contributed by atoms with Gasteiger partial charge >= 0.3 is 0 Å². The van der Waals surface area contributed by atoms with Gasteiger partial charge in [-0.3, -0.25) is 0 Å². The van der Waals surface area contributed by atoms with Gasteiger partial charge in [-0.2, -0.15) is 0 Å². The van der Waals surface area contributed by atoms with Crippen molar-refractivity contribution in [2.24, 2.45) is 0 Å². The summed E-state index contributed by atoms with van der Waals surface area (Å²) in [4.78, 5) is 0. The number of allylic oxidation sites excluding steroid dienone is 1. The van der Waals surface area contributed by atoms with Gasteiger partial charge in [-0.1, -0.05) is 68.5 Å². The van der Waals surface area contributed by atoms with E-state index in [0.717, 1.165) is 5.57 Å². The molecule has 0 aliphatic heterocycles. The third-order valence-electron chi connectivity index (χ3n) is 2.25. The van der Waals surface area contributed by atoms with Gasteiger partial charge < -0.3 is 0 Å². The molecule has 2 aromatic carbocycles. The minimum Gasteiger partial charge on any atom is -0.106 e. The van der Waals surface area contributed by atoms with Crippen LogP contribution in [0, 0.1) is 0 Å². The summed E-state index contributed by atoms with van der Waals surface area (Å²) < 4.78 is 0. The van der Waals surface area contributed by atoms with Gasteiger partial charge in [-0.25, -0.2) is 0 Å². The first-order chi connectivity index (χ1) is 8.29. The van der Waals surface area contributed by atoms with Crippen molar-refractivity contribution >= 4 is 16.3 Å². The van der Waals surface area contributed by atoms with Crippen LogP contribution in [0.2, 0.25) is 0 Å². The van der Waals surface area contributed by atoms with Crippen molar-refractivity contribution in [2.45, 2.75) is 20.8 Å². The zero-order chi connectivity index (χ0) is 13.3. The lowest BCUT2D eigenvalue weighted by Crippen LogP contribution is -1.80. The second-order valence-corrected chi connectivity index (χ2v) is 3.31. The Morgan fingerprint density at radius 2 is 1.41 bits per heavy atom. The number of hydrogen-bond donors (Lipinski definition) is 0. The first kappa shape index (κ1) is 15.2. The lowest BCUT2D eigenvalue weighted by molar-refractivity contribution is 1.50. The Balaban J connectivity index is 0.000000581. The van der Waals surface area contributed by atoms with E-state index >= 15 is 0 Å². The smallest absolute Gasteiger partial charge is 0.0109 e. The van der Waals surface area contributed by atoms with Crippen LogP contribution < -0.4 is 0 Å². The molecule has 0 spiro atoms. The summed E-state index contributed by atoms with van der Waals surface area (Å²) >= 11 is 0. The molecule has 2 rings (SSSR count). The molecule has 0 saturated carbocycles. The van der Waals surface area contributed by atoms with E-state index in [1.807, 2.05) is 20.8 Å². The number of rotatable bonds is 1. The van der Waals surface area contributed by atoms with Crippen LogP contribution in [0.5, 0.6) is 0 Å². The summed E-state index contributed by atoms with van der Waals surface area (Å²) in [7, 11) is 0. The van der Waals surface area contributed by atoms with Crippen molar-refractivity contribution in [3.05, 3.63) is 67.8 Å². The fourth-order valence-corrected chi connectivity index (χ4v) is 1.60. The molecule has 0 saturated heterocycles. The summed E-state index contributed by atoms with van der Waals surface area (Å²) in [6, 6.07) is 14.7. The van der Waals surface area contributed by atoms with Crippen LogP contribution in [0.15, 0.2) is 62.2 Å². The molecule has 0 aromatic heterocycles. The highest BCUT2D eigenvalue weighted by Crippen LogP contribution is 2.23. The van der Waals surface area contributed by atoms with E-state index in [1.54, 1.807) is 0 Å². The average molecular weight is 226 g/mol. The van der Waals surface area contributed by atoms with Crippen molar-refractivity contribution in [3.8, 4) is 0 Å². The van der Waals surface area contributed by atoms with Gasteiger partial charge in [-0.05, 0) is 23.3 Å². The molecule has 0 heterocycles. The van der Waals surface area contributed by atoms with Crippen LogP contribution >= 0.6 is 0 Å². The molecule has 0 heteroatoms. The maximum Gasteiger partial charge on any atom is -0.0109 e. The topological polar surface area (TPSA) is 0 Å². The van der Waals surface area contributed by atoms with Crippen molar-refractivity contribution in [1.82, 2.24) is 0 Å².